The number of benzene rings is 1. The molecule has 2 rings (SSSR count). The van der Waals surface area contributed by atoms with Crippen LogP contribution in [-0.4, -0.2) is 61.7 Å². The zero-order valence-electron chi connectivity index (χ0n) is 13.4. The minimum absolute atomic E-state index is 0.221. The van der Waals surface area contributed by atoms with Crippen LogP contribution < -0.4 is 10.5 Å². The molecule has 0 aromatic heterocycles. The van der Waals surface area contributed by atoms with Gasteiger partial charge in [-0.3, -0.25) is 9.59 Å². The zero-order chi connectivity index (χ0) is 17.5. The maximum atomic E-state index is 12.2. The summed E-state index contributed by atoms with van der Waals surface area (Å²) in [5.74, 6) is -1.20. The van der Waals surface area contributed by atoms with Crippen molar-refractivity contribution in [2.45, 2.75) is 13.0 Å². The van der Waals surface area contributed by atoms with E-state index in [1.165, 1.54) is 19.1 Å². The van der Waals surface area contributed by atoms with Crippen molar-refractivity contribution < 1.29 is 28.6 Å². The van der Waals surface area contributed by atoms with E-state index >= 15 is 0 Å². The highest BCUT2D eigenvalue weighted by Crippen LogP contribution is 2.15. The number of morpholine rings is 1. The monoisotopic (exact) mass is 336 g/mol. The Morgan fingerprint density at radius 1 is 1.29 bits per heavy atom. The number of amides is 2. The molecule has 2 amide bonds. The molecule has 1 unspecified atom stereocenters. The fraction of sp³-hybridized carbons (Fsp3) is 0.438. The van der Waals surface area contributed by atoms with Gasteiger partial charge in [0.1, 0.15) is 5.75 Å². The Morgan fingerprint density at radius 2 is 2.00 bits per heavy atom. The van der Waals surface area contributed by atoms with Crippen LogP contribution in [0.1, 0.15) is 17.3 Å². The van der Waals surface area contributed by atoms with Crippen molar-refractivity contribution in [1.82, 2.24) is 4.90 Å². The molecule has 1 aliphatic heterocycles. The highest BCUT2D eigenvalue weighted by atomic mass is 16.5. The van der Waals surface area contributed by atoms with Crippen LogP contribution in [0.25, 0.3) is 0 Å². The van der Waals surface area contributed by atoms with Gasteiger partial charge >= 0.3 is 5.97 Å². The number of carbonyl (C=O) groups excluding carboxylic acids is 3. The third kappa shape index (κ3) is 4.95. The van der Waals surface area contributed by atoms with Crippen LogP contribution in [0.15, 0.2) is 24.3 Å². The van der Waals surface area contributed by atoms with Crippen molar-refractivity contribution >= 4 is 17.8 Å². The number of nitrogens with zero attached hydrogens (tertiary/aromatic N) is 1. The van der Waals surface area contributed by atoms with Crippen molar-refractivity contribution in [2.24, 2.45) is 5.73 Å². The van der Waals surface area contributed by atoms with Crippen LogP contribution >= 0.6 is 0 Å². The molecule has 1 aliphatic rings. The topological polar surface area (TPSA) is 108 Å². The van der Waals surface area contributed by atoms with Crippen LogP contribution in [-0.2, 0) is 19.1 Å². The number of hydrogen-bond acceptors (Lipinski definition) is 6. The summed E-state index contributed by atoms with van der Waals surface area (Å²) >= 11 is 0. The fourth-order valence-electron chi connectivity index (χ4n) is 2.19. The van der Waals surface area contributed by atoms with Crippen molar-refractivity contribution in [1.29, 1.82) is 0 Å². The summed E-state index contributed by atoms with van der Waals surface area (Å²) in [6.45, 7) is 3.17. The lowest BCUT2D eigenvalue weighted by atomic mass is 10.2. The first-order valence-corrected chi connectivity index (χ1v) is 7.56. The molecule has 0 radical (unpaired) electrons. The number of nitrogens with two attached hydrogens (primary N) is 1. The Kier molecular flexibility index (Phi) is 6.14. The first kappa shape index (κ1) is 17.7. The number of carbonyl (C=O) groups is 3. The van der Waals surface area contributed by atoms with E-state index in [0.717, 1.165) is 0 Å². The van der Waals surface area contributed by atoms with E-state index in [1.54, 1.807) is 17.0 Å². The van der Waals surface area contributed by atoms with Crippen molar-refractivity contribution in [3.05, 3.63) is 29.8 Å². The number of ether oxygens (including phenoxy) is 3. The molecule has 130 valence electrons. The van der Waals surface area contributed by atoms with Crippen molar-refractivity contribution in [3.8, 4) is 5.75 Å². The highest BCUT2D eigenvalue weighted by Gasteiger charge is 2.25. The third-order valence-corrected chi connectivity index (χ3v) is 3.41. The van der Waals surface area contributed by atoms with Gasteiger partial charge in [0.25, 0.3) is 11.8 Å². The zero-order valence-corrected chi connectivity index (χ0v) is 13.4. The lowest BCUT2D eigenvalue weighted by molar-refractivity contribution is -0.143. The second-order valence-electron chi connectivity index (χ2n) is 5.27. The van der Waals surface area contributed by atoms with E-state index in [4.69, 9.17) is 19.9 Å². The molecule has 0 aliphatic carbocycles. The normalized spacial score (nSPS) is 15.5. The predicted molar refractivity (Wildman–Crippen MR) is 83.4 cm³/mol. The van der Waals surface area contributed by atoms with Crippen LogP contribution in [0, 0.1) is 0 Å². The Morgan fingerprint density at radius 3 is 2.67 bits per heavy atom. The first-order chi connectivity index (χ1) is 11.5. The second kappa shape index (κ2) is 8.30. The van der Waals surface area contributed by atoms with Crippen molar-refractivity contribution in [3.63, 3.8) is 0 Å². The lowest BCUT2D eigenvalue weighted by Gasteiger charge is -2.28. The van der Waals surface area contributed by atoms with E-state index in [9.17, 15) is 14.4 Å². The lowest BCUT2D eigenvalue weighted by Crippen LogP contribution is -2.46. The molecule has 2 N–H and O–H groups in total. The van der Waals surface area contributed by atoms with Crippen molar-refractivity contribution in [2.75, 3.05) is 32.9 Å². The molecule has 0 saturated carbocycles. The molecule has 1 fully saturated rings. The summed E-state index contributed by atoms with van der Waals surface area (Å²) in [6.07, 6.45) is -0.897. The SMILES string of the molecule is CC(OC(=O)c1cccc(OCC(N)=O)c1)C(=O)N1CCOCC1. The summed E-state index contributed by atoms with van der Waals surface area (Å²) in [7, 11) is 0. The van der Waals surface area contributed by atoms with Gasteiger partial charge in [-0.05, 0) is 25.1 Å². The van der Waals surface area contributed by atoms with Crippen LogP contribution in [0.2, 0.25) is 0 Å². The summed E-state index contributed by atoms with van der Waals surface area (Å²) in [5.41, 5.74) is 5.22. The fourth-order valence-corrected chi connectivity index (χ4v) is 2.19. The first-order valence-electron chi connectivity index (χ1n) is 7.56. The molecular formula is C16H20N2O6. The third-order valence-electron chi connectivity index (χ3n) is 3.41. The van der Waals surface area contributed by atoms with Crippen LogP contribution in [0.3, 0.4) is 0 Å². The predicted octanol–water partition coefficient (Wildman–Crippen LogP) is -0.0452. The Bertz CT molecular complexity index is 612. The van der Waals surface area contributed by atoms with Gasteiger partial charge in [0, 0.05) is 13.1 Å². The number of esters is 1. The standard InChI is InChI=1S/C16H20N2O6/c1-11(15(20)18-5-7-22-8-6-18)24-16(21)12-3-2-4-13(9-12)23-10-14(17)19/h2-4,9,11H,5-8,10H2,1H3,(H2,17,19). The number of primary amides is 1. The molecule has 0 spiro atoms. The van der Waals surface area contributed by atoms with Crippen LogP contribution in [0.5, 0.6) is 5.75 Å². The molecule has 0 bridgehead atoms. The molecule has 1 heterocycles. The summed E-state index contributed by atoms with van der Waals surface area (Å²) in [6, 6.07) is 6.13. The van der Waals surface area contributed by atoms with E-state index in [0.29, 0.717) is 32.1 Å². The van der Waals surface area contributed by atoms with E-state index in [1.807, 2.05) is 0 Å². The van der Waals surface area contributed by atoms with Crippen LogP contribution in [0.4, 0.5) is 0 Å². The maximum Gasteiger partial charge on any atom is 0.339 e. The Balaban J connectivity index is 1.94. The molecule has 1 atom stereocenters. The van der Waals surface area contributed by atoms with Gasteiger partial charge < -0.3 is 24.8 Å². The molecule has 24 heavy (non-hydrogen) atoms. The number of rotatable bonds is 6. The van der Waals surface area contributed by atoms with E-state index in [2.05, 4.69) is 0 Å². The quantitative estimate of drug-likeness (QED) is 0.730. The molecule has 1 aromatic carbocycles. The largest absolute Gasteiger partial charge is 0.484 e. The molecular weight excluding hydrogens is 316 g/mol. The molecule has 8 heteroatoms. The summed E-state index contributed by atoms with van der Waals surface area (Å²) in [5, 5.41) is 0. The van der Waals surface area contributed by atoms with Gasteiger partial charge in [0.2, 0.25) is 0 Å². The smallest absolute Gasteiger partial charge is 0.339 e. The molecule has 8 nitrogen and oxygen atoms in total. The van der Waals surface area contributed by atoms with E-state index in [-0.39, 0.29) is 18.1 Å². The van der Waals surface area contributed by atoms with Gasteiger partial charge in [-0.1, -0.05) is 6.07 Å². The number of hydrogen-bond donors (Lipinski definition) is 1. The summed E-state index contributed by atoms with van der Waals surface area (Å²) < 4.78 is 15.5. The second-order valence-corrected chi connectivity index (χ2v) is 5.27. The highest BCUT2D eigenvalue weighted by molar-refractivity contribution is 5.92. The Labute approximate surface area is 139 Å². The maximum absolute atomic E-state index is 12.2. The average molecular weight is 336 g/mol. The van der Waals surface area contributed by atoms with Gasteiger partial charge in [0.05, 0.1) is 18.8 Å². The average Bonchev–Trinajstić information content (AvgIpc) is 2.60. The van der Waals surface area contributed by atoms with Gasteiger partial charge in [-0.15, -0.1) is 0 Å². The van der Waals surface area contributed by atoms with Gasteiger partial charge in [0.15, 0.2) is 12.7 Å². The summed E-state index contributed by atoms with van der Waals surface area (Å²) in [4.78, 5) is 36.7. The Hall–Kier alpha value is -2.61. The minimum Gasteiger partial charge on any atom is -0.484 e. The van der Waals surface area contributed by atoms with Gasteiger partial charge in [-0.2, -0.15) is 0 Å². The minimum atomic E-state index is -0.897. The van der Waals surface area contributed by atoms with E-state index < -0.39 is 18.0 Å². The molecule has 1 aromatic rings. The molecule has 1 saturated heterocycles. The van der Waals surface area contributed by atoms with Gasteiger partial charge in [-0.25, -0.2) is 4.79 Å².